The Kier molecular flexibility index (Phi) is 4.84. The van der Waals surface area contributed by atoms with Gasteiger partial charge in [-0.2, -0.15) is 0 Å². The zero-order valence-electron chi connectivity index (χ0n) is 10.9. The first-order valence-electron chi connectivity index (χ1n) is 6.55. The molecule has 4 atom stereocenters. The molecule has 0 radical (unpaired) electrons. The first kappa shape index (κ1) is 14.5. The van der Waals surface area contributed by atoms with Crippen LogP contribution in [0.5, 0.6) is 0 Å². The van der Waals surface area contributed by atoms with E-state index in [1.165, 1.54) is 19.3 Å². The lowest BCUT2D eigenvalue weighted by molar-refractivity contribution is 0.184. The second-order valence-corrected chi connectivity index (χ2v) is 7.34. The van der Waals surface area contributed by atoms with Gasteiger partial charge in [-0.1, -0.05) is 20.3 Å². The molecule has 1 aliphatic carbocycles. The van der Waals surface area contributed by atoms with Crippen molar-refractivity contribution in [2.45, 2.75) is 39.2 Å². The smallest absolute Gasteiger partial charge is 0.0716 e. The Balaban J connectivity index is 2.13. The van der Waals surface area contributed by atoms with Crippen molar-refractivity contribution in [1.82, 2.24) is 4.98 Å². The molecular formula is C14H20Br2N2. The number of halogens is 2. The molecule has 0 spiro atoms. The third-order valence-electron chi connectivity index (χ3n) is 4.30. The van der Waals surface area contributed by atoms with Crippen molar-refractivity contribution in [2.75, 3.05) is 0 Å². The van der Waals surface area contributed by atoms with Crippen LogP contribution in [-0.4, -0.2) is 4.98 Å². The van der Waals surface area contributed by atoms with Crippen molar-refractivity contribution >= 4 is 31.9 Å². The lowest BCUT2D eigenvalue weighted by Crippen LogP contribution is -2.30. The van der Waals surface area contributed by atoms with Gasteiger partial charge in [-0.15, -0.1) is 0 Å². The summed E-state index contributed by atoms with van der Waals surface area (Å²) >= 11 is 6.99. The Morgan fingerprint density at radius 3 is 2.61 bits per heavy atom. The van der Waals surface area contributed by atoms with Gasteiger partial charge in [0.2, 0.25) is 0 Å². The molecule has 1 fully saturated rings. The first-order valence-corrected chi connectivity index (χ1v) is 8.14. The topological polar surface area (TPSA) is 38.9 Å². The molecule has 2 rings (SSSR count). The summed E-state index contributed by atoms with van der Waals surface area (Å²) in [6.07, 6.45) is 5.55. The van der Waals surface area contributed by atoms with Crippen LogP contribution in [0.2, 0.25) is 0 Å². The normalized spacial score (nSPS) is 30.2. The van der Waals surface area contributed by atoms with Crippen molar-refractivity contribution in [3.8, 4) is 0 Å². The number of nitrogens with zero attached hydrogens (tertiary/aromatic N) is 1. The average molecular weight is 376 g/mol. The van der Waals surface area contributed by atoms with Crippen LogP contribution in [0.25, 0.3) is 0 Å². The molecule has 1 aromatic rings. The Morgan fingerprint density at radius 2 is 2.00 bits per heavy atom. The molecule has 100 valence electrons. The van der Waals surface area contributed by atoms with Crippen LogP contribution in [0.1, 0.15) is 44.8 Å². The minimum atomic E-state index is 0.0439. The number of aromatic nitrogens is 1. The van der Waals surface area contributed by atoms with E-state index in [1.54, 1.807) is 0 Å². The van der Waals surface area contributed by atoms with E-state index in [9.17, 15) is 0 Å². The van der Waals surface area contributed by atoms with E-state index in [2.05, 4.69) is 50.7 Å². The monoisotopic (exact) mass is 374 g/mol. The highest BCUT2D eigenvalue weighted by molar-refractivity contribution is 9.11. The highest BCUT2D eigenvalue weighted by Crippen LogP contribution is 2.39. The van der Waals surface area contributed by atoms with E-state index in [0.717, 1.165) is 26.5 Å². The fourth-order valence-electron chi connectivity index (χ4n) is 2.81. The van der Waals surface area contributed by atoms with Gasteiger partial charge in [0.15, 0.2) is 0 Å². The van der Waals surface area contributed by atoms with Gasteiger partial charge >= 0.3 is 0 Å². The van der Waals surface area contributed by atoms with Crippen molar-refractivity contribution in [1.29, 1.82) is 0 Å². The van der Waals surface area contributed by atoms with E-state index in [1.807, 2.05) is 12.3 Å². The van der Waals surface area contributed by atoms with Gasteiger partial charge in [-0.25, -0.2) is 0 Å². The average Bonchev–Trinajstić information content (AvgIpc) is 2.32. The summed E-state index contributed by atoms with van der Waals surface area (Å²) < 4.78 is 1.99. The molecule has 0 saturated heterocycles. The Bertz CT molecular complexity index is 422. The Hall–Kier alpha value is 0.0700. The highest BCUT2D eigenvalue weighted by atomic mass is 79.9. The third kappa shape index (κ3) is 3.14. The second kappa shape index (κ2) is 6.02. The molecule has 0 amide bonds. The number of nitrogens with two attached hydrogens (primary N) is 1. The minimum Gasteiger partial charge on any atom is -0.322 e. The number of hydrogen-bond acceptors (Lipinski definition) is 2. The molecule has 2 nitrogen and oxygen atoms in total. The minimum absolute atomic E-state index is 0.0439. The highest BCUT2D eigenvalue weighted by Gasteiger charge is 2.30. The molecule has 4 heteroatoms. The summed E-state index contributed by atoms with van der Waals surface area (Å²) in [6, 6.07) is 2.07. The summed E-state index contributed by atoms with van der Waals surface area (Å²) in [7, 11) is 0. The predicted molar refractivity (Wildman–Crippen MR) is 82.2 cm³/mol. The van der Waals surface area contributed by atoms with Crippen LogP contribution < -0.4 is 5.73 Å². The molecule has 0 aliphatic heterocycles. The van der Waals surface area contributed by atoms with Crippen molar-refractivity contribution in [2.24, 2.45) is 23.5 Å². The van der Waals surface area contributed by atoms with Gasteiger partial charge in [0.25, 0.3) is 0 Å². The van der Waals surface area contributed by atoms with Crippen molar-refractivity contribution < 1.29 is 0 Å². The molecule has 0 aromatic carbocycles. The van der Waals surface area contributed by atoms with Gasteiger partial charge < -0.3 is 5.73 Å². The summed E-state index contributed by atoms with van der Waals surface area (Å²) in [5.74, 6) is 2.15. The number of pyridine rings is 1. The lowest BCUT2D eigenvalue weighted by atomic mass is 9.73. The molecule has 4 unspecified atom stereocenters. The molecule has 1 aromatic heterocycles. The molecule has 1 saturated carbocycles. The van der Waals surface area contributed by atoms with Crippen LogP contribution in [0.4, 0.5) is 0 Å². The van der Waals surface area contributed by atoms with E-state index in [0.29, 0.717) is 5.92 Å². The van der Waals surface area contributed by atoms with E-state index in [4.69, 9.17) is 5.73 Å². The molecule has 0 bridgehead atoms. The standard InChI is InChI=1S/C14H20Br2N2/c1-8-3-4-10(5-9(8)2)13(17)14-12(16)6-11(15)7-18-14/h6-10,13H,3-5,17H2,1-2H3. The maximum Gasteiger partial charge on any atom is 0.0716 e. The summed E-state index contributed by atoms with van der Waals surface area (Å²) in [5, 5.41) is 0. The molecule has 1 heterocycles. The van der Waals surface area contributed by atoms with Gasteiger partial charge in [0, 0.05) is 15.1 Å². The summed E-state index contributed by atoms with van der Waals surface area (Å²) in [4.78, 5) is 4.48. The van der Waals surface area contributed by atoms with Crippen molar-refractivity contribution in [3.05, 3.63) is 26.9 Å². The van der Waals surface area contributed by atoms with Crippen LogP contribution >= 0.6 is 31.9 Å². The lowest BCUT2D eigenvalue weighted by Gasteiger charge is -2.35. The maximum absolute atomic E-state index is 6.42. The number of rotatable bonds is 2. The maximum atomic E-state index is 6.42. The second-order valence-electron chi connectivity index (χ2n) is 5.57. The molecule has 1 aliphatic rings. The molecule has 2 N–H and O–H groups in total. The zero-order chi connectivity index (χ0) is 13.3. The SMILES string of the molecule is CC1CCC(C(N)c2ncc(Br)cc2Br)CC1C. The van der Waals surface area contributed by atoms with E-state index < -0.39 is 0 Å². The predicted octanol–water partition coefficient (Wildman–Crippen LogP) is 4.68. The fourth-order valence-corrected chi connectivity index (χ4v) is 4.06. The molecular weight excluding hydrogens is 356 g/mol. The van der Waals surface area contributed by atoms with Gasteiger partial charge in [0.05, 0.1) is 11.7 Å². The summed E-state index contributed by atoms with van der Waals surface area (Å²) in [5.41, 5.74) is 7.41. The fraction of sp³-hybridized carbons (Fsp3) is 0.643. The Labute approximate surface area is 126 Å². The van der Waals surface area contributed by atoms with Crippen LogP contribution in [0.3, 0.4) is 0 Å². The number of hydrogen-bond donors (Lipinski definition) is 1. The van der Waals surface area contributed by atoms with Crippen molar-refractivity contribution in [3.63, 3.8) is 0 Å². The zero-order valence-corrected chi connectivity index (χ0v) is 14.0. The van der Waals surface area contributed by atoms with Crippen LogP contribution in [0, 0.1) is 17.8 Å². The van der Waals surface area contributed by atoms with E-state index in [-0.39, 0.29) is 6.04 Å². The third-order valence-corrected chi connectivity index (χ3v) is 5.37. The van der Waals surface area contributed by atoms with Crippen LogP contribution in [0.15, 0.2) is 21.2 Å². The van der Waals surface area contributed by atoms with Gasteiger partial charge in [-0.05, 0) is 68.5 Å². The quantitative estimate of drug-likeness (QED) is 0.814. The van der Waals surface area contributed by atoms with E-state index >= 15 is 0 Å². The van der Waals surface area contributed by atoms with Crippen LogP contribution in [-0.2, 0) is 0 Å². The largest absolute Gasteiger partial charge is 0.322 e. The van der Waals surface area contributed by atoms with Gasteiger partial charge in [-0.3, -0.25) is 4.98 Å². The summed E-state index contributed by atoms with van der Waals surface area (Å²) in [6.45, 7) is 4.69. The Morgan fingerprint density at radius 1 is 1.28 bits per heavy atom. The molecule has 18 heavy (non-hydrogen) atoms. The van der Waals surface area contributed by atoms with Gasteiger partial charge in [0.1, 0.15) is 0 Å². The first-order chi connectivity index (χ1) is 8.49.